The van der Waals surface area contributed by atoms with Gasteiger partial charge in [0.25, 0.3) is 0 Å². The largest absolute Gasteiger partial charge is 0.384 e. The highest BCUT2D eigenvalue weighted by Gasteiger charge is 2.28. The van der Waals surface area contributed by atoms with E-state index >= 15 is 0 Å². The lowest BCUT2D eigenvalue weighted by atomic mass is 9.82. The van der Waals surface area contributed by atoms with Gasteiger partial charge >= 0.3 is 0 Å². The number of rotatable bonds is 5. The average molecular weight is 231 g/mol. The molecule has 0 bridgehead atoms. The summed E-state index contributed by atoms with van der Waals surface area (Å²) in [6, 6.07) is 6.84. The molecule has 2 unspecified atom stereocenters. The van der Waals surface area contributed by atoms with Crippen molar-refractivity contribution >= 4 is 5.69 Å². The highest BCUT2D eigenvalue weighted by atomic mass is 14.9. The topological polar surface area (TPSA) is 12.0 Å². The predicted octanol–water partition coefficient (Wildman–Crippen LogP) is 4.72. The number of benzene rings is 1. The molecule has 0 amide bonds. The second-order valence-electron chi connectivity index (χ2n) is 5.39. The average Bonchev–Trinajstić information content (AvgIpc) is 2.73. The first-order chi connectivity index (χ1) is 8.26. The van der Waals surface area contributed by atoms with Crippen molar-refractivity contribution in [1.82, 2.24) is 0 Å². The molecule has 17 heavy (non-hydrogen) atoms. The molecular formula is C16H25N. The van der Waals surface area contributed by atoms with Gasteiger partial charge in [0.2, 0.25) is 0 Å². The van der Waals surface area contributed by atoms with Crippen LogP contribution >= 0.6 is 0 Å². The second kappa shape index (κ2) is 5.57. The van der Waals surface area contributed by atoms with Gasteiger partial charge in [-0.2, -0.15) is 0 Å². The zero-order chi connectivity index (χ0) is 12.3. The Morgan fingerprint density at radius 2 is 2.18 bits per heavy atom. The van der Waals surface area contributed by atoms with Crippen molar-refractivity contribution in [3.63, 3.8) is 0 Å². The summed E-state index contributed by atoms with van der Waals surface area (Å²) in [6.07, 6.45) is 5.37. The van der Waals surface area contributed by atoms with E-state index < -0.39 is 0 Å². The zero-order valence-electron chi connectivity index (χ0n) is 11.4. The molecule has 1 nitrogen and oxygen atoms in total. The zero-order valence-corrected chi connectivity index (χ0v) is 11.4. The minimum atomic E-state index is 0.737. The number of fused-ring (bicyclic) bond motifs is 1. The lowest BCUT2D eigenvalue weighted by Gasteiger charge is -2.22. The number of hydrogen-bond donors (Lipinski definition) is 1. The van der Waals surface area contributed by atoms with Crippen LogP contribution in [-0.2, 0) is 0 Å². The van der Waals surface area contributed by atoms with Crippen LogP contribution in [0.25, 0.3) is 0 Å². The van der Waals surface area contributed by atoms with Crippen molar-refractivity contribution in [1.29, 1.82) is 0 Å². The van der Waals surface area contributed by atoms with Crippen LogP contribution in [0.15, 0.2) is 18.2 Å². The first-order valence-corrected chi connectivity index (χ1v) is 7.10. The minimum absolute atomic E-state index is 0.737. The third kappa shape index (κ3) is 2.65. The van der Waals surface area contributed by atoms with Crippen LogP contribution in [0.4, 0.5) is 5.69 Å². The highest BCUT2D eigenvalue weighted by Crippen LogP contribution is 2.40. The first-order valence-electron chi connectivity index (χ1n) is 7.10. The van der Waals surface area contributed by atoms with Gasteiger partial charge in [-0.25, -0.2) is 0 Å². The SMILES string of the molecule is CCCCC(CC)C1CNc2ccc(C)cc21. The monoisotopic (exact) mass is 231 g/mol. The Morgan fingerprint density at radius 3 is 2.88 bits per heavy atom. The first kappa shape index (κ1) is 12.5. The molecular weight excluding hydrogens is 206 g/mol. The quantitative estimate of drug-likeness (QED) is 0.773. The molecule has 1 N–H and O–H groups in total. The summed E-state index contributed by atoms with van der Waals surface area (Å²) < 4.78 is 0. The lowest BCUT2D eigenvalue weighted by Crippen LogP contribution is -2.14. The molecule has 2 atom stereocenters. The highest BCUT2D eigenvalue weighted by molar-refractivity contribution is 5.59. The Bertz CT molecular complexity index is 370. The van der Waals surface area contributed by atoms with Gasteiger partial charge in [-0.05, 0) is 30.9 Å². The van der Waals surface area contributed by atoms with Gasteiger partial charge in [0.1, 0.15) is 0 Å². The van der Waals surface area contributed by atoms with Crippen LogP contribution in [0.5, 0.6) is 0 Å². The Balaban J connectivity index is 2.16. The summed E-state index contributed by atoms with van der Waals surface area (Å²) in [5, 5.41) is 3.57. The van der Waals surface area contributed by atoms with Crippen LogP contribution in [-0.4, -0.2) is 6.54 Å². The molecule has 1 aromatic carbocycles. The third-order valence-electron chi connectivity index (χ3n) is 4.14. The molecule has 1 aliphatic heterocycles. The van der Waals surface area contributed by atoms with Crippen LogP contribution in [0.2, 0.25) is 0 Å². The molecule has 1 heterocycles. The number of aryl methyl sites for hydroxylation is 1. The molecule has 0 spiro atoms. The van der Waals surface area contributed by atoms with Gasteiger partial charge in [0.15, 0.2) is 0 Å². The Kier molecular flexibility index (Phi) is 4.09. The number of hydrogen-bond acceptors (Lipinski definition) is 1. The molecule has 1 aliphatic rings. The van der Waals surface area contributed by atoms with E-state index in [0.29, 0.717) is 0 Å². The van der Waals surface area contributed by atoms with E-state index in [1.807, 2.05) is 0 Å². The van der Waals surface area contributed by atoms with E-state index in [2.05, 4.69) is 44.3 Å². The minimum Gasteiger partial charge on any atom is -0.384 e. The van der Waals surface area contributed by atoms with Crippen molar-refractivity contribution < 1.29 is 0 Å². The van der Waals surface area contributed by atoms with Gasteiger partial charge in [-0.3, -0.25) is 0 Å². The predicted molar refractivity (Wildman–Crippen MR) is 75.7 cm³/mol. The lowest BCUT2D eigenvalue weighted by molar-refractivity contribution is 0.389. The normalized spacial score (nSPS) is 19.8. The Morgan fingerprint density at radius 1 is 1.35 bits per heavy atom. The van der Waals surface area contributed by atoms with Gasteiger partial charge < -0.3 is 5.32 Å². The fourth-order valence-electron chi connectivity index (χ4n) is 3.06. The fraction of sp³-hybridized carbons (Fsp3) is 0.625. The van der Waals surface area contributed by atoms with Crippen LogP contribution in [0, 0.1) is 12.8 Å². The third-order valence-corrected chi connectivity index (χ3v) is 4.14. The summed E-state index contributed by atoms with van der Waals surface area (Å²) in [7, 11) is 0. The molecule has 0 fully saturated rings. The molecule has 94 valence electrons. The number of anilines is 1. The Hall–Kier alpha value is -0.980. The van der Waals surface area contributed by atoms with E-state index in [1.165, 1.54) is 36.9 Å². The molecule has 0 saturated heterocycles. The van der Waals surface area contributed by atoms with E-state index in [1.54, 1.807) is 5.56 Å². The van der Waals surface area contributed by atoms with E-state index in [9.17, 15) is 0 Å². The van der Waals surface area contributed by atoms with E-state index in [0.717, 1.165) is 18.4 Å². The van der Waals surface area contributed by atoms with Crippen molar-refractivity contribution in [2.75, 3.05) is 11.9 Å². The molecule has 0 aromatic heterocycles. The van der Waals surface area contributed by atoms with Gasteiger partial charge in [-0.1, -0.05) is 50.8 Å². The molecule has 2 rings (SSSR count). The fourth-order valence-corrected chi connectivity index (χ4v) is 3.06. The number of unbranched alkanes of at least 4 members (excludes halogenated alkanes) is 1. The maximum absolute atomic E-state index is 3.57. The second-order valence-corrected chi connectivity index (χ2v) is 5.39. The Labute approximate surface area is 106 Å². The smallest absolute Gasteiger partial charge is 0.0376 e. The summed E-state index contributed by atoms with van der Waals surface area (Å²) in [5.74, 6) is 1.59. The molecule has 0 radical (unpaired) electrons. The van der Waals surface area contributed by atoms with Crippen molar-refractivity contribution in [3.05, 3.63) is 29.3 Å². The van der Waals surface area contributed by atoms with Crippen molar-refractivity contribution in [3.8, 4) is 0 Å². The van der Waals surface area contributed by atoms with Gasteiger partial charge in [0.05, 0.1) is 0 Å². The van der Waals surface area contributed by atoms with Crippen LogP contribution < -0.4 is 5.32 Å². The van der Waals surface area contributed by atoms with Crippen LogP contribution in [0.1, 0.15) is 56.6 Å². The van der Waals surface area contributed by atoms with Crippen molar-refractivity contribution in [2.45, 2.75) is 52.4 Å². The summed E-state index contributed by atoms with van der Waals surface area (Å²) in [5.41, 5.74) is 4.33. The summed E-state index contributed by atoms with van der Waals surface area (Å²) >= 11 is 0. The molecule has 1 aromatic rings. The summed E-state index contributed by atoms with van der Waals surface area (Å²) in [6.45, 7) is 7.97. The number of nitrogens with one attached hydrogen (secondary N) is 1. The summed E-state index contributed by atoms with van der Waals surface area (Å²) in [4.78, 5) is 0. The molecule has 0 aliphatic carbocycles. The van der Waals surface area contributed by atoms with E-state index in [-0.39, 0.29) is 0 Å². The van der Waals surface area contributed by atoms with Gasteiger partial charge in [0, 0.05) is 18.2 Å². The standard InChI is InChI=1S/C16H25N/c1-4-6-7-13(5-2)15-11-17-16-9-8-12(3)10-14(15)16/h8-10,13,15,17H,4-7,11H2,1-3H3. The van der Waals surface area contributed by atoms with E-state index in [4.69, 9.17) is 0 Å². The molecule has 0 saturated carbocycles. The maximum atomic E-state index is 3.57. The van der Waals surface area contributed by atoms with Crippen LogP contribution in [0.3, 0.4) is 0 Å². The maximum Gasteiger partial charge on any atom is 0.0376 e. The molecule has 1 heteroatoms. The van der Waals surface area contributed by atoms with Crippen molar-refractivity contribution in [2.24, 2.45) is 5.92 Å². The van der Waals surface area contributed by atoms with Gasteiger partial charge in [-0.15, -0.1) is 0 Å².